The first-order chi connectivity index (χ1) is 25.4. The second-order valence-electron chi connectivity index (χ2n) is 14.4. The van der Waals surface area contributed by atoms with E-state index in [0.29, 0.717) is 65.9 Å². The van der Waals surface area contributed by atoms with Crippen LogP contribution in [0, 0.1) is 17.7 Å². The van der Waals surface area contributed by atoms with Crippen LogP contribution < -0.4 is 5.32 Å². The van der Waals surface area contributed by atoms with Crippen LogP contribution in [0.4, 0.5) is 9.18 Å². The third kappa shape index (κ3) is 8.29. The Kier molecular flexibility index (Phi) is 11.3. The number of aromatic amines is 2. The largest absolute Gasteiger partial charge is 0.456 e. The molecule has 1 aliphatic rings. The first-order valence-electron chi connectivity index (χ1n) is 18.3. The number of H-pyrrole nitrogens is 2. The topological polar surface area (TPSA) is 149 Å². The van der Waals surface area contributed by atoms with Gasteiger partial charge in [0.05, 0.1) is 43.5 Å². The van der Waals surface area contributed by atoms with Gasteiger partial charge in [0.15, 0.2) is 0 Å². The molecule has 1 saturated heterocycles. The van der Waals surface area contributed by atoms with E-state index in [-0.39, 0.29) is 29.7 Å². The van der Waals surface area contributed by atoms with Gasteiger partial charge in [0.25, 0.3) is 0 Å². The third-order valence-electron chi connectivity index (χ3n) is 9.61. The highest BCUT2D eigenvalue weighted by Gasteiger charge is 2.37. The molecule has 0 spiro atoms. The lowest BCUT2D eigenvalue weighted by Crippen LogP contribution is -2.51. The van der Waals surface area contributed by atoms with Gasteiger partial charge in [-0.3, -0.25) is 9.59 Å². The van der Waals surface area contributed by atoms with E-state index >= 15 is 4.39 Å². The maximum Gasteiger partial charge on any atom is 0.407 e. The minimum absolute atomic E-state index is 0.0824. The van der Waals surface area contributed by atoms with E-state index in [9.17, 15) is 14.4 Å². The average molecular weight is 726 g/mol. The van der Waals surface area contributed by atoms with Gasteiger partial charge in [-0.1, -0.05) is 40.7 Å². The molecule has 0 bridgehead atoms. The fourth-order valence-corrected chi connectivity index (χ4v) is 6.89. The number of carbonyl (C=O) groups excluding carboxylic acids is 3. The number of fused-ring (bicyclic) bond motifs is 1. The molecule has 0 radical (unpaired) electrons. The van der Waals surface area contributed by atoms with Crippen molar-refractivity contribution >= 4 is 28.9 Å². The lowest BCUT2D eigenvalue weighted by molar-refractivity contribution is -0.135. The Balaban J connectivity index is 1.16. The minimum atomic E-state index is -0.711. The molecule has 3 N–H and O–H groups in total. The van der Waals surface area contributed by atoms with Crippen molar-refractivity contribution < 1.29 is 27.9 Å². The SMILES string of the molecule is CCCN(Cc1ncc(-c2ccc(-c3cc4cc(-c5cnc([C@@H]6CCCN6C(=O)C(NC(=O)OC)C(C)C)[nH]5)ccc4o3)cc2F)[nH]1)C(=O)CC(C)C. The zero-order valence-corrected chi connectivity index (χ0v) is 31.2. The van der Waals surface area contributed by atoms with Gasteiger partial charge in [-0.25, -0.2) is 19.2 Å². The summed E-state index contributed by atoms with van der Waals surface area (Å²) in [5, 5.41) is 3.52. The first kappa shape index (κ1) is 37.3. The van der Waals surface area contributed by atoms with Gasteiger partial charge in [0.2, 0.25) is 11.8 Å². The monoisotopic (exact) mass is 725 g/mol. The number of alkyl carbamates (subject to hydrolysis) is 1. The number of methoxy groups -OCH3 is 1. The van der Waals surface area contributed by atoms with Gasteiger partial charge in [0.1, 0.15) is 34.9 Å². The van der Waals surface area contributed by atoms with Crippen molar-refractivity contribution in [3.63, 3.8) is 0 Å². The van der Waals surface area contributed by atoms with E-state index in [2.05, 4.69) is 25.3 Å². The summed E-state index contributed by atoms with van der Waals surface area (Å²) >= 11 is 0. The van der Waals surface area contributed by atoms with E-state index in [0.717, 1.165) is 35.9 Å². The van der Waals surface area contributed by atoms with Crippen LogP contribution in [0.1, 0.15) is 78.0 Å². The number of rotatable bonds is 13. The fourth-order valence-electron chi connectivity index (χ4n) is 6.89. The summed E-state index contributed by atoms with van der Waals surface area (Å²) in [5.74, 6) is 1.44. The van der Waals surface area contributed by atoms with Gasteiger partial charge in [-0.2, -0.15) is 0 Å². The summed E-state index contributed by atoms with van der Waals surface area (Å²) in [6.07, 6.45) is 5.59. The summed E-state index contributed by atoms with van der Waals surface area (Å²) in [6, 6.07) is 11.7. The number of halogens is 1. The van der Waals surface area contributed by atoms with Crippen LogP contribution in [-0.4, -0.2) is 73.9 Å². The van der Waals surface area contributed by atoms with Crippen LogP contribution in [0.15, 0.2) is 59.3 Å². The quantitative estimate of drug-likeness (QED) is 0.112. The van der Waals surface area contributed by atoms with Crippen LogP contribution in [0.5, 0.6) is 0 Å². The molecule has 3 amide bonds. The number of benzene rings is 2. The van der Waals surface area contributed by atoms with Crippen molar-refractivity contribution in [3.05, 3.63) is 72.3 Å². The molecule has 1 fully saturated rings. The lowest BCUT2D eigenvalue weighted by atomic mass is 10.0. The molecule has 0 aliphatic carbocycles. The van der Waals surface area contributed by atoms with Gasteiger partial charge >= 0.3 is 6.09 Å². The van der Waals surface area contributed by atoms with Crippen molar-refractivity contribution in [1.82, 2.24) is 35.1 Å². The molecular formula is C40H48FN7O5. The molecule has 0 saturated carbocycles. The molecule has 53 heavy (non-hydrogen) atoms. The normalized spacial score (nSPS) is 15.0. The van der Waals surface area contributed by atoms with Crippen molar-refractivity contribution in [2.75, 3.05) is 20.2 Å². The molecule has 4 heterocycles. The van der Waals surface area contributed by atoms with E-state index in [1.54, 1.807) is 28.3 Å². The molecule has 3 aromatic heterocycles. The first-order valence-corrected chi connectivity index (χ1v) is 18.3. The van der Waals surface area contributed by atoms with Crippen LogP contribution in [-0.2, 0) is 20.9 Å². The summed E-state index contributed by atoms with van der Waals surface area (Å²) < 4.78 is 26.5. The Hall–Kier alpha value is -5.46. The van der Waals surface area contributed by atoms with Crippen molar-refractivity contribution in [2.24, 2.45) is 11.8 Å². The molecule has 280 valence electrons. The van der Waals surface area contributed by atoms with E-state index in [1.807, 2.05) is 65.0 Å². The summed E-state index contributed by atoms with van der Waals surface area (Å²) in [5.41, 5.74) is 3.82. The van der Waals surface area contributed by atoms with Crippen LogP contribution in [0.2, 0.25) is 0 Å². The smallest absolute Gasteiger partial charge is 0.407 e. The van der Waals surface area contributed by atoms with E-state index < -0.39 is 18.0 Å². The molecule has 2 aromatic carbocycles. The van der Waals surface area contributed by atoms with E-state index in [1.165, 1.54) is 13.2 Å². The zero-order chi connectivity index (χ0) is 37.8. The van der Waals surface area contributed by atoms with E-state index in [4.69, 9.17) is 9.15 Å². The maximum atomic E-state index is 15.6. The third-order valence-corrected chi connectivity index (χ3v) is 9.61. The van der Waals surface area contributed by atoms with Crippen LogP contribution in [0.25, 0.3) is 44.8 Å². The van der Waals surface area contributed by atoms with Crippen molar-refractivity contribution in [2.45, 2.75) is 78.9 Å². The zero-order valence-electron chi connectivity index (χ0n) is 31.2. The lowest BCUT2D eigenvalue weighted by Gasteiger charge is -2.30. The van der Waals surface area contributed by atoms with Gasteiger partial charge in [0, 0.05) is 41.6 Å². The number of aromatic nitrogens is 4. The molecule has 13 heteroatoms. The standard InChI is InChI=1S/C40H48FN7O5/c1-7-14-47(36(49)16-23(2)3)22-35-42-21-31(44-35)28-12-10-26(18-29(28)41)34-19-27-17-25(11-13-33(27)53-34)30-20-43-38(45-30)32-9-8-15-48(32)39(50)37(24(4)5)46-40(51)52-6/h10-13,17-21,23-24,32,37H,7-9,14-16,22H2,1-6H3,(H,42,44)(H,43,45)(H,46,51)/t32-,37?/m0/s1. The van der Waals surface area contributed by atoms with Gasteiger partial charge in [-0.15, -0.1) is 0 Å². The predicted molar refractivity (Wildman–Crippen MR) is 200 cm³/mol. The minimum Gasteiger partial charge on any atom is -0.456 e. The Bertz CT molecular complexity index is 2080. The number of hydrogen-bond acceptors (Lipinski definition) is 7. The second-order valence-corrected chi connectivity index (χ2v) is 14.4. The Morgan fingerprint density at radius 3 is 2.53 bits per heavy atom. The van der Waals surface area contributed by atoms with Crippen LogP contribution >= 0.6 is 0 Å². The van der Waals surface area contributed by atoms with Crippen LogP contribution in [0.3, 0.4) is 0 Å². The highest BCUT2D eigenvalue weighted by atomic mass is 19.1. The number of carbonyl (C=O) groups is 3. The van der Waals surface area contributed by atoms with Crippen molar-refractivity contribution in [1.29, 1.82) is 0 Å². The Labute approximate surface area is 308 Å². The summed E-state index contributed by atoms with van der Waals surface area (Å²) in [7, 11) is 1.28. The van der Waals surface area contributed by atoms with Gasteiger partial charge in [-0.05, 0) is 67.5 Å². The molecule has 1 unspecified atom stereocenters. The highest BCUT2D eigenvalue weighted by molar-refractivity contribution is 5.88. The summed E-state index contributed by atoms with van der Waals surface area (Å²) in [6.45, 7) is 11.4. The second kappa shape index (κ2) is 16.1. The molecule has 6 rings (SSSR count). The highest BCUT2D eigenvalue weighted by Crippen LogP contribution is 2.35. The number of hydrogen-bond donors (Lipinski definition) is 3. The van der Waals surface area contributed by atoms with Crippen molar-refractivity contribution in [3.8, 4) is 33.8 Å². The number of furan rings is 1. The summed E-state index contributed by atoms with van der Waals surface area (Å²) in [4.78, 5) is 57.5. The molecule has 2 atom stereocenters. The number of ether oxygens (including phenoxy) is 1. The number of imidazole rings is 2. The average Bonchev–Trinajstić information content (AvgIpc) is 3.95. The maximum absolute atomic E-state index is 15.6. The number of likely N-dealkylation sites (tertiary alicyclic amines) is 1. The molecule has 1 aliphatic heterocycles. The Morgan fingerprint density at radius 2 is 1.81 bits per heavy atom. The number of nitrogens with zero attached hydrogens (tertiary/aromatic N) is 4. The molecular weight excluding hydrogens is 677 g/mol. The predicted octanol–water partition coefficient (Wildman–Crippen LogP) is 7.85. The number of amides is 3. The molecule has 5 aromatic rings. The Morgan fingerprint density at radius 1 is 1.04 bits per heavy atom. The van der Waals surface area contributed by atoms with Gasteiger partial charge < -0.3 is 34.2 Å². The molecule has 12 nitrogen and oxygen atoms in total. The number of nitrogens with one attached hydrogen (secondary N) is 3. The fraction of sp³-hybridized carbons (Fsp3) is 0.425.